The molecule has 0 aliphatic heterocycles. The molecule has 20 heavy (non-hydrogen) atoms. The summed E-state index contributed by atoms with van der Waals surface area (Å²) < 4.78 is 2.14. The highest BCUT2D eigenvalue weighted by molar-refractivity contribution is 5.81. The van der Waals surface area contributed by atoms with E-state index in [2.05, 4.69) is 61.2 Å². The molecule has 4 heteroatoms. The highest BCUT2D eigenvalue weighted by Crippen LogP contribution is 2.21. The minimum atomic E-state index is 0.412. The van der Waals surface area contributed by atoms with Gasteiger partial charge in [-0.15, -0.1) is 0 Å². The summed E-state index contributed by atoms with van der Waals surface area (Å²) in [4.78, 5) is 4.73. The predicted molar refractivity (Wildman–Crippen MR) is 86.3 cm³/mol. The Bertz CT molecular complexity index is 559. The maximum atomic E-state index is 4.73. The average molecular weight is 274 g/mol. The summed E-state index contributed by atoms with van der Waals surface area (Å²) in [6.07, 6.45) is 2.29. The zero-order chi connectivity index (χ0) is 14.5. The first-order valence-electron chi connectivity index (χ1n) is 7.52. The first-order chi connectivity index (χ1) is 9.63. The maximum absolute atomic E-state index is 4.73. The Morgan fingerprint density at radius 2 is 2.10 bits per heavy atom. The van der Waals surface area contributed by atoms with E-state index in [0.717, 1.165) is 31.0 Å². The molecule has 1 aromatic heterocycles. The fourth-order valence-electron chi connectivity index (χ4n) is 2.40. The van der Waals surface area contributed by atoms with E-state index in [1.54, 1.807) is 0 Å². The van der Waals surface area contributed by atoms with Crippen LogP contribution < -0.4 is 10.6 Å². The zero-order valence-electron chi connectivity index (χ0n) is 13.0. The Balaban J connectivity index is 2.02. The molecule has 0 bridgehead atoms. The first kappa shape index (κ1) is 14.9. The minimum Gasteiger partial charge on any atom is -0.353 e. The van der Waals surface area contributed by atoms with E-state index < -0.39 is 0 Å². The van der Waals surface area contributed by atoms with Crippen LogP contribution in [0.5, 0.6) is 0 Å². The van der Waals surface area contributed by atoms with Crippen molar-refractivity contribution >= 4 is 17.0 Å². The molecule has 0 saturated carbocycles. The molecular formula is C16H26N4. The molecular weight excluding hydrogens is 248 g/mol. The molecule has 0 fully saturated rings. The molecule has 0 radical (unpaired) electrons. The fraction of sp³-hybridized carbons (Fsp3) is 0.562. The van der Waals surface area contributed by atoms with Crippen molar-refractivity contribution in [2.45, 2.75) is 39.7 Å². The lowest BCUT2D eigenvalue weighted by molar-refractivity contribution is 0.600. The molecule has 110 valence electrons. The van der Waals surface area contributed by atoms with E-state index in [-0.39, 0.29) is 0 Å². The van der Waals surface area contributed by atoms with E-state index in [9.17, 15) is 0 Å². The molecule has 0 aliphatic rings. The van der Waals surface area contributed by atoms with Gasteiger partial charge in [0.1, 0.15) is 0 Å². The van der Waals surface area contributed by atoms with Gasteiger partial charge in [0.2, 0.25) is 5.95 Å². The number of benzene rings is 1. The highest BCUT2D eigenvalue weighted by atomic mass is 15.2. The van der Waals surface area contributed by atoms with E-state index >= 15 is 0 Å². The monoisotopic (exact) mass is 274 g/mol. The van der Waals surface area contributed by atoms with Crippen LogP contribution in [0.4, 0.5) is 5.95 Å². The summed E-state index contributed by atoms with van der Waals surface area (Å²) in [5.74, 6) is 0.956. The summed E-state index contributed by atoms with van der Waals surface area (Å²) in [6, 6.07) is 6.72. The highest BCUT2D eigenvalue weighted by Gasteiger charge is 2.11. The van der Waals surface area contributed by atoms with Gasteiger partial charge in [0.25, 0.3) is 0 Å². The molecule has 1 aromatic carbocycles. The number of anilines is 1. The summed E-state index contributed by atoms with van der Waals surface area (Å²) in [6.45, 7) is 8.65. The second-order valence-corrected chi connectivity index (χ2v) is 5.52. The first-order valence-corrected chi connectivity index (χ1v) is 7.52. The van der Waals surface area contributed by atoms with Crippen LogP contribution in [0.15, 0.2) is 18.2 Å². The van der Waals surface area contributed by atoms with Crippen LogP contribution >= 0.6 is 0 Å². The average Bonchev–Trinajstić information content (AvgIpc) is 2.74. The van der Waals surface area contributed by atoms with E-state index in [0.29, 0.717) is 6.04 Å². The normalized spacial score (nSPS) is 12.8. The third kappa shape index (κ3) is 3.31. The number of nitrogens with zero attached hydrogens (tertiary/aromatic N) is 2. The Morgan fingerprint density at radius 1 is 1.30 bits per heavy atom. The number of fused-ring (bicyclic) bond motifs is 1. The SMILES string of the molecule is CCCNCCC(C)Nc1nc2c(C)cccc2n1C. The van der Waals surface area contributed by atoms with E-state index in [1.165, 1.54) is 17.5 Å². The van der Waals surface area contributed by atoms with Crippen LogP contribution in [-0.4, -0.2) is 28.7 Å². The van der Waals surface area contributed by atoms with E-state index in [1.807, 2.05) is 0 Å². The number of aryl methyl sites for hydroxylation is 2. The number of aromatic nitrogens is 2. The lowest BCUT2D eigenvalue weighted by atomic mass is 10.2. The van der Waals surface area contributed by atoms with Crippen molar-refractivity contribution in [2.24, 2.45) is 7.05 Å². The Morgan fingerprint density at radius 3 is 2.80 bits per heavy atom. The molecule has 0 saturated heterocycles. The van der Waals surface area contributed by atoms with Gasteiger partial charge in [-0.3, -0.25) is 0 Å². The van der Waals surface area contributed by atoms with Crippen molar-refractivity contribution in [1.29, 1.82) is 0 Å². The van der Waals surface area contributed by atoms with E-state index in [4.69, 9.17) is 4.98 Å². The van der Waals surface area contributed by atoms with Gasteiger partial charge in [-0.1, -0.05) is 19.1 Å². The molecule has 0 spiro atoms. The molecule has 0 amide bonds. The summed E-state index contributed by atoms with van der Waals surface area (Å²) in [5, 5.41) is 6.95. The van der Waals surface area contributed by atoms with Crippen LogP contribution in [0.2, 0.25) is 0 Å². The molecule has 2 aromatic rings. The van der Waals surface area contributed by atoms with Crippen molar-refractivity contribution in [3.8, 4) is 0 Å². The molecule has 1 atom stereocenters. The van der Waals surface area contributed by atoms with Crippen LogP contribution in [0, 0.1) is 6.92 Å². The second kappa shape index (κ2) is 6.75. The summed E-state index contributed by atoms with van der Waals surface area (Å²) in [7, 11) is 2.07. The van der Waals surface area contributed by atoms with Crippen molar-refractivity contribution < 1.29 is 0 Å². The van der Waals surface area contributed by atoms with Gasteiger partial charge in [-0.25, -0.2) is 4.98 Å². The molecule has 1 unspecified atom stereocenters. The van der Waals surface area contributed by atoms with Crippen LogP contribution in [0.1, 0.15) is 32.3 Å². The topological polar surface area (TPSA) is 41.9 Å². The molecule has 1 heterocycles. The number of hydrogen-bond donors (Lipinski definition) is 2. The van der Waals surface area contributed by atoms with Gasteiger partial charge in [0.05, 0.1) is 11.0 Å². The molecule has 2 N–H and O–H groups in total. The minimum absolute atomic E-state index is 0.412. The number of hydrogen-bond acceptors (Lipinski definition) is 3. The number of imidazole rings is 1. The van der Waals surface area contributed by atoms with Crippen molar-refractivity contribution in [3.63, 3.8) is 0 Å². The lowest BCUT2D eigenvalue weighted by Crippen LogP contribution is -2.25. The smallest absolute Gasteiger partial charge is 0.203 e. The lowest BCUT2D eigenvalue weighted by Gasteiger charge is -2.14. The zero-order valence-corrected chi connectivity index (χ0v) is 13.0. The van der Waals surface area contributed by atoms with Crippen LogP contribution in [0.25, 0.3) is 11.0 Å². The maximum Gasteiger partial charge on any atom is 0.203 e. The Labute approximate surface area is 121 Å². The van der Waals surface area contributed by atoms with Gasteiger partial charge in [-0.05, 0) is 51.4 Å². The van der Waals surface area contributed by atoms with Gasteiger partial charge in [0, 0.05) is 13.1 Å². The largest absolute Gasteiger partial charge is 0.353 e. The summed E-state index contributed by atoms with van der Waals surface area (Å²) in [5.41, 5.74) is 3.50. The van der Waals surface area contributed by atoms with Gasteiger partial charge in [0.15, 0.2) is 0 Å². The third-order valence-electron chi connectivity index (χ3n) is 3.67. The number of nitrogens with one attached hydrogen (secondary N) is 2. The Kier molecular flexibility index (Phi) is 5.01. The van der Waals surface area contributed by atoms with Gasteiger partial charge < -0.3 is 15.2 Å². The third-order valence-corrected chi connectivity index (χ3v) is 3.67. The number of rotatable bonds is 7. The molecule has 2 rings (SSSR count). The van der Waals surface area contributed by atoms with Crippen molar-refractivity contribution in [3.05, 3.63) is 23.8 Å². The second-order valence-electron chi connectivity index (χ2n) is 5.52. The summed E-state index contributed by atoms with van der Waals surface area (Å²) >= 11 is 0. The van der Waals surface area contributed by atoms with Crippen LogP contribution in [-0.2, 0) is 7.05 Å². The van der Waals surface area contributed by atoms with Crippen LogP contribution in [0.3, 0.4) is 0 Å². The quantitative estimate of drug-likeness (QED) is 0.762. The van der Waals surface area contributed by atoms with Crippen molar-refractivity contribution in [2.75, 3.05) is 18.4 Å². The predicted octanol–water partition coefficient (Wildman–Crippen LogP) is 3.07. The fourth-order valence-corrected chi connectivity index (χ4v) is 2.40. The molecule has 0 aliphatic carbocycles. The molecule has 4 nitrogen and oxygen atoms in total. The Hall–Kier alpha value is -1.55. The van der Waals surface area contributed by atoms with Gasteiger partial charge >= 0.3 is 0 Å². The van der Waals surface area contributed by atoms with Crippen molar-refractivity contribution in [1.82, 2.24) is 14.9 Å². The van der Waals surface area contributed by atoms with Gasteiger partial charge in [-0.2, -0.15) is 0 Å². The standard InChI is InChI=1S/C16H26N4/c1-5-10-17-11-9-13(3)18-16-19-15-12(2)7-6-8-14(15)20(16)4/h6-8,13,17H,5,9-11H2,1-4H3,(H,18,19). The number of para-hydroxylation sites is 1.